The van der Waals surface area contributed by atoms with Gasteiger partial charge in [-0.3, -0.25) is 4.98 Å². The smallest absolute Gasteiger partial charge is 0.149 e. The average molecular weight is 192 g/mol. The van der Waals surface area contributed by atoms with Gasteiger partial charge in [-0.05, 0) is 12.3 Å². The van der Waals surface area contributed by atoms with Crippen molar-refractivity contribution in [2.75, 3.05) is 24.3 Å². The monoisotopic (exact) mass is 192 g/mol. The largest absolute Gasteiger partial charge is 0.366 e. The molecular formula is C10H16N4. The third-order valence-corrected chi connectivity index (χ3v) is 2.52. The summed E-state index contributed by atoms with van der Waals surface area (Å²) in [6, 6.07) is 0.599. The summed E-state index contributed by atoms with van der Waals surface area (Å²) in [5.74, 6) is 2.55. The molecule has 2 atom stereocenters. The molecule has 4 nitrogen and oxygen atoms in total. The van der Waals surface area contributed by atoms with Crippen LogP contribution in [0.4, 0.5) is 11.6 Å². The molecule has 14 heavy (non-hydrogen) atoms. The maximum absolute atomic E-state index is 4.44. The van der Waals surface area contributed by atoms with Crippen LogP contribution in [-0.4, -0.2) is 30.1 Å². The van der Waals surface area contributed by atoms with Gasteiger partial charge < -0.3 is 10.2 Å². The van der Waals surface area contributed by atoms with E-state index < -0.39 is 0 Å². The van der Waals surface area contributed by atoms with Crippen LogP contribution < -0.4 is 10.2 Å². The molecule has 1 saturated carbocycles. The summed E-state index contributed by atoms with van der Waals surface area (Å²) < 4.78 is 0. The molecule has 0 radical (unpaired) electrons. The fraction of sp³-hybridized carbons (Fsp3) is 0.600. The zero-order valence-corrected chi connectivity index (χ0v) is 8.86. The minimum absolute atomic E-state index is 0.599. The minimum Gasteiger partial charge on any atom is -0.366 e. The van der Waals surface area contributed by atoms with E-state index in [1.165, 1.54) is 6.42 Å². The summed E-state index contributed by atoms with van der Waals surface area (Å²) in [4.78, 5) is 10.5. The summed E-state index contributed by atoms with van der Waals surface area (Å²) in [6.07, 6.45) is 4.79. The first-order chi connectivity index (χ1) is 6.66. The number of nitrogens with zero attached hydrogens (tertiary/aromatic N) is 3. The highest BCUT2D eigenvalue weighted by Gasteiger charge is 2.32. The molecular weight excluding hydrogens is 176 g/mol. The van der Waals surface area contributed by atoms with Gasteiger partial charge in [0.15, 0.2) is 0 Å². The van der Waals surface area contributed by atoms with E-state index in [4.69, 9.17) is 0 Å². The number of hydrogen-bond acceptors (Lipinski definition) is 4. The van der Waals surface area contributed by atoms with Gasteiger partial charge in [0.05, 0.1) is 12.4 Å². The Balaban J connectivity index is 2.06. The number of aromatic nitrogens is 2. The highest BCUT2D eigenvalue weighted by Crippen LogP contribution is 2.32. The van der Waals surface area contributed by atoms with Gasteiger partial charge in [-0.1, -0.05) is 6.92 Å². The van der Waals surface area contributed by atoms with Gasteiger partial charge >= 0.3 is 0 Å². The Morgan fingerprint density at radius 1 is 1.43 bits per heavy atom. The topological polar surface area (TPSA) is 41.1 Å². The maximum Gasteiger partial charge on any atom is 0.149 e. The number of hydrogen-bond donors (Lipinski definition) is 1. The predicted molar refractivity (Wildman–Crippen MR) is 57.6 cm³/mol. The Morgan fingerprint density at radius 2 is 2.14 bits per heavy atom. The lowest BCUT2D eigenvalue weighted by atomic mass is 10.5. The van der Waals surface area contributed by atoms with Crippen LogP contribution in [0.25, 0.3) is 0 Å². The van der Waals surface area contributed by atoms with Crippen molar-refractivity contribution >= 4 is 11.6 Å². The van der Waals surface area contributed by atoms with Crippen molar-refractivity contribution in [1.82, 2.24) is 9.97 Å². The summed E-state index contributed by atoms with van der Waals surface area (Å²) in [7, 11) is 3.93. The standard InChI is InChI=1S/C10H16N4/c1-7-4-8(7)12-9-5-11-6-10(13-9)14(2)3/h5-8H,4H2,1-3H3,(H,12,13)/t7-,8-/m1/s1. The Morgan fingerprint density at radius 3 is 2.71 bits per heavy atom. The van der Waals surface area contributed by atoms with Gasteiger partial charge in [0.25, 0.3) is 0 Å². The third kappa shape index (κ3) is 1.95. The second-order valence-electron chi connectivity index (χ2n) is 4.12. The van der Waals surface area contributed by atoms with Crippen LogP contribution in [0, 0.1) is 5.92 Å². The second kappa shape index (κ2) is 3.44. The van der Waals surface area contributed by atoms with Gasteiger partial charge in [0.2, 0.25) is 0 Å². The zero-order chi connectivity index (χ0) is 10.1. The van der Waals surface area contributed by atoms with Gasteiger partial charge in [0.1, 0.15) is 11.6 Å². The Labute approximate surface area is 84.4 Å². The summed E-state index contributed by atoms with van der Waals surface area (Å²) >= 11 is 0. The molecule has 1 fully saturated rings. The molecule has 0 aromatic carbocycles. The third-order valence-electron chi connectivity index (χ3n) is 2.52. The Hall–Kier alpha value is -1.32. The first-order valence-electron chi connectivity index (χ1n) is 4.92. The van der Waals surface area contributed by atoms with Crippen molar-refractivity contribution in [2.45, 2.75) is 19.4 Å². The maximum atomic E-state index is 4.44. The SMILES string of the molecule is C[C@@H]1C[C@H]1Nc1cncc(N(C)C)n1. The fourth-order valence-corrected chi connectivity index (χ4v) is 1.35. The molecule has 1 aliphatic carbocycles. The molecule has 0 bridgehead atoms. The zero-order valence-electron chi connectivity index (χ0n) is 8.86. The lowest BCUT2D eigenvalue weighted by molar-refractivity contribution is 0.918. The number of anilines is 2. The van der Waals surface area contributed by atoms with Crippen molar-refractivity contribution in [3.8, 4) is 0 Å². The van der Waals surface area contributed by atoms with Crippen molar-refractivity contribution in [3.05, 3.63) is 12.4 Å². The average Bonchev–Trinajstić information content (AvgIpc) is 2.82. The van der Waals surface area contributed by atoms with Crippen molar-refractivity contribution in [1.29, 1.82) is 0 Å². The quantitative estimate of drug-likeness (QED) is 0.785. The van der Waals surface area contributed by atoms with Crippen molar-refractivity contribution < 1.29 is 0 Å². The van der Waals surface area contributed by atoms with Crippen LogP contribution in [0.5, 0.6) is 0 Å². The normalized spacial score (nSPS) is 24.5. The van der Waals surface area contributed by atoms with Crippen LogP contribution >= 0.6 is 0 Å². The molecule has 76 valence electrons. The van der Waals surface area contributed by atoms with Crippen LogP contribution in [0.2, 0.25) is 0 Å². The first kappa shape index (κ1) is 9.24. The van der Waals surface area contributed by atoms with Crippen LogP contribution in [0.3, 0.4) is 0 Å². The molecule has 4 heteroatoms. The molecule has 1 heterocycles. The van der Waals surface area contributed by atoms with E-state index in [-0.39, 0.29) is 0 Å². The molecule has 1 aromatic rings. The van der Waals surface area contributed by atoms with Gasteiger partial charge in [-0.2, -0.15) is 0 Å². The molecule has 0 saturated heterocycles. The van der Waals surface area contributed by atoms with E-state index >= 15 is 0 Å². The number of nitrogens with one attached hydrogen (secondary N) is 1. The second-order valence-corrected chi connectivity index (χ2v) is 4.12. The highest BCUT2D eigenvalue weighted by atomic mass is 15.2. The van der Waals surface area contributed by atoms with Gasteiger partial charge in [-0.15, -0.1) is 0 Å². The van der Waals surface area contributed by atoms with Crippen LogP contribution in [0.1, 0.15) is 13.3 Å². The van der Waals surface area contributed by atoms with Gasteiger partial charge in [-0.25, -0.2) is 4.98 Å². The van der Waals surface area contributed by atoms with E-state index in [0.29, 0.717) is 6.04 Å². The molecule has 1 aromatic heterocycles. The minimum atomic E-state index is 0.599. The molecule has 0 spiro atoms. The molecule has 0 unspecified atom stereocenters. The summed E-state index contributed by atoms with van der Waals surface area (Å²) in [6.45, 7) is 2.24. The molecule has 1 N–H and O–H groups in total. The molecule has 2 rings (SSSR count). The van der Waals surface area contributed by atoms with E-state index in [1.54, 1.807) is 12.4 Å². The molecule has 0 aliphatic heterocycles. The Bertz CT molecular complexity index is 324. The van der Waals surface area contributed by atoms with Gasteiger partial charge in [0, 0.05) is 20.1 Å². The Kier molecular flexibility index (Phi) is 2.27. The highest BCUT2D eigenvalue weighted by molar-refractivity contribution is 5.44. The van der Waals surface area contributed by atoms with Crippen molar-refractivity contribution in [3.63, 3.8) is 0 Å². The summed E-state index contributed by atoms with van der Waals surface area (Å²) in [5.41, 5.74) is 0. The van der Waals surface area contributed by atoms with Crippen LogP contribution in [-0.2, 0) is 0 Å². The first-order valence-corrected chi connectivity index (χ1v) is 4.92. The van der Waals surface area contributed by atoms with E-state index in [2.05, 4.69) is 22.2 Å². The predicted octanol–water partition coefficient (Wildman–Crippen LogP) is 1.36. The van der Waals surface area contributed by atoms with E-state index in [9.17, 15) is 0 Å². The van der Waals surface area contributed by atoms with Crippen LogP contribution in [0.15, 0.2) is 12.4 Å². The molecule has 0 amide bonds. The van der Waals surface area contributed by atoms with E-state index in [1.807, 2.05) is 19.0 Å². The van der Waals surface area contributed by atoms with E-state index in [0.717, 1.165) is 17.6 Å². The summed E-state index contributed by atoms with van der Waals surface area (Å²) in [5, 5.41) is 3.36. The lowest BCUT2D eigenvalue weighted by Gasteiger charge is -2.12. The fourth-order valence-electron chi connectivity index (χ4n) is 1.35. The molecule has 1 aliphatic rings. The lowest BCUT2D eigenvalue weighted by Crippen LogP contribution is -2.13. The van der Waals surface area contributed by atoms with Crippen molar-refractivity contribution in [2.24, 2.45) is 5.92 Å². The number of rotatable bonds is 3.